The van der Waals surface area contributed by atoms with E-state index in [1.54, 1.807) is 0 Å². The lowest BCUT2D eigenvalue weighted by atomic mass is 9.93. The van der Waals surface area contributed by atoms with Crippen molar-refractivity contribution in [3.05, 3.63) is 18.7 Å². The van der Waals surface area contributed by atoms with Crippen molar-refractivity contribution in [3.8, 4) is 0 Å². The van der Waals surface area contributed by atoms with E-state index < -0.39 is 0 Å². The summed E-state index contributed by atoms with van der Waals surface area (Å²) in [4.78, 5) is 14.2. The van der Waals surface area contributed by atoms with Gasteiger partial charge in [0.15, 0.2) is 5.96 Å². The fourth-order valence-corrected chi connectivity index (χ4v) is 6.25. The van der Waals surface area contributed by atoms with E-state index in [-0.39, 0.29) is 24.0 Å². The second-order valence-corrected chi connectivity index (χ2v) is 9.95. The van der Waals surface area contributed by atoms with E-state index in [0.717, 1.165) is 25.6 Å². The molecule has 164 valence electrons. The molecule has 2 aliphatic heterocycles. The summed E-state index contributed by atoms with van der Waals surface area (Å²) in [5, 5.41) is 3.80. The predicted octanol–water partition coefficient (Wildman–Crippen LogP) is 3.32. The van der Waals surface area contributed by atoms with Gasteiger partial charge in [-0.15, -0.1) is 24.0 Å². The summed E-state index contributed by atoms with van der Waals surface area (Å²) in [5.41, 5.74) is 0.337. The van der Waals surface area contributed by atoms with Crippen LogP contribution in [0.4, 0.5) is 0 Å². The summed E-state index contributed by atoms with van der Waals surface area (Å²) in [6, 6.07) is 0.467. The maximum atomic E-state index is 4.67. The third kappa shape index (κ3) is 5.23. The van der Waals surface area contributed by atoms with Gasteiger partial charge in [0.1, 0.15) is 0 Å². The zero-order chi connectivity index (χ0) is 19.4. The minimum atomic E-state index is 0. The number of nitrogens with one attached hydrogen (secondary N) is 1. The van der Waals surface area contributed by atoms with Gasteiger partial charge < -0.3 is 14.8 Å². The van der Waals surface area contributed by atoms with Crippen molar-refractivity contribution in [2.24, 2.45) is 10.9 Å². The van der Waals surface area contributed by atoms with E-state index >= 15 is 0 Å². The van der Waals surface area contributed by atoms with Gasteiger partial charge in [0, 0.05) is 69.2 Å². The molecule has 2 atom stereocenters. The van der Waals surface area contributed by atoms with E-state index in [2.05, 4.69) is 54.5 Å². The molecule has 4 rings (SSSR count). The number of hydrogen-bond acceptors (Lipinski definition) is 4. The Balaban J connectivity index is 0.00000240. The molecular formula is C21H37IN6S. The third-order valence-electron chi connectivity index (χ3n) is 7.13. The van der Waals surface area contributed by atoms with Crippen LogP contribution in [0.2, 0.25) is 0 Å². The highest BCUT2D eigenvalue weighted by atomic mass is 127. The standard InChI is InChI=1S/C21H36N6S.HI/c1-18-5-9-25(15-19(18)26-10-8-23-17-26)20(22-2)24-16-21(6-3-4-7-21)27-11-13-28-14-12-27;/h8,10,17-19H,3-7,9,11-16H2,1-2H3,(H,22,24);1H. The zero-order valence-corrected chi connectivity index (χ0v) is 21.1. The number of rotatable bonds is 4. The Bertz CT molecular complexity index is 640. The summed E-state index contributed by atoms with van der Waals surface area (Å²) in [6.45, 7) is 7.97. The number of nitrogens with zero attached hydrogens (tertiary/aromatic N) is 5. The molecule has 3 aliphatic rings. The Morgan fingerprint density at radius 3 is 2.66 bits per heavy atom. The Hall–Kier alpha value is -0.480. The minimum absolute atomic E-state index is 0. The Labute approximate surface area is 197 Å². The zero-order valence-electron chi connectivity index (χ0n) is 17.9. The normalized spacial score (nSPS) is 28.2. The van der Waals surface area contributed by atoms with Gasteiger partial charge in [0.2, 0.25) is 0 Å². The molecule has 6 nitrogen and oxygen atoms in total. The van der Waals surface area contributed by atoms with E-state index in [1.165, 1.54) is 56.7 Å². The number of guanidine groups is 1. The molecule has 2 saturated heterocycles. The molecule has 0 aromatic carbocycles. The van der Waals surface area contributed by atoms with Gasteiger partial charge in [-0.05, 0) is 25.2 Å². The Kier molecular flexibility index (Phi) is 8.56. The second kappa shape index (κ2) is 10.7. The summed E-state index contributed by atoms with van der Waals surface area (Å²) in [5.74, 6) is 4.31. The van der Waals surface area contributed by atoms with Crippen LogP contribution in [-0.4, -0.2) is 82.1 Å². The van der Waals surface area contributed by atoms with Gasteiger partial charge in [-0.1, -0.05) is 19.8 Å². The summed E-state index contributed by atoms with van der Waals surface area (Å²) in [7, 11) is 1.94. The molecule has 1 aromatic heterocycles. The Morgan fingerprint density at radius 1 is 1.24 bits per heavy atom. The SMILES string of the molecule is CN=C(NCC1(N2CCSCC2)CCCC1)N1CCC(C)C(n2ccnc2)C1.I. The van der Waals surface area contributed by atoms with Crippen molar-refractivity contribution in [1.29, 1.82) is 0 Å². The van der Waals surface area contributed by atoms with Gasteiger partial charge in [0.25, 0.3) is 0 Å². The highest BCUT2D eigenvalue weighted by Crippen LogP contribution is 2.36. The van der Waals surface area contributed by atoms with Gasteiger partial charge in [0.05, 0.1) is 12.4 Å². The first kappa shape index (κ1) is 23.2. The third-order valence-corrected chi connectivity index (χ3v) is 8.07. The van der Waals surface area contributed by atoms with E-state index in [4.69, 9.17) is 0 Å². The number of thioether (sulfide) groups is 1. The van der Waals surface area contributed by atoms with Crippen molar-refractivity contribution in [2.75, 3.05) is 51.3 Å². The molecular weight excluding hydrogens is 495 g/mol. The van der Waals surface area contributed by atoms with Gasteiger partial charge >= 0.3 is 0 Å². The topological polar surface area (TPSA) is 48.7 Å². The minimum Gasteiger partial charge on any atom is -0.354 e. The average Bonchev–Trinajstić information content (AvgIpc) is 3.43. The van der Waals surface area contributed by atoms with Crippen LogP contribution >= 0.6 is 35.7 Å². The first-order valence-electron chi connectivity index (χ1n) is 11.0. The van der Waals surface area contributed by atoms with Crippen LogP contribution in [0.5, 0.6) is 0 Å². The average molecular weight is 533 g/mol. The number of halogens is 1. The van der Waals surface area contributed by atoms with Crippen LogP contribution < -0.4 is 5.32 Å². The van der Waals surface area contributed by atoms with Crippen molar-refractivity contribution in [1.82, 2.24) is 24.7 Å². The van der Waals surface area contributed by atoms with Crippen LogP contribution in [0.25, 0.3) is 0 Å². The number of imidazole rings is 1. The van der Waals surface area contributed by atoms with Crippen molar-refractivity contribution in [3.63, 3.8) is 0 Å². The highest BCUT2D eigenvalue weighted by Gasteiger charge is 2.40. The van der Waals surface area contributed by atoms with Gasteiger partial charge in [-0.25, -0.2) is 4.98 Å². The predicted molar refractivity (Wildman–Crippen MR) is 133 cm³/mol. The maximum absolute atomic E-state index is 4.67. The van der Waals surface area contributed by atoms with Gasteiger partial charge in [-0.2, -0.15) is 11.8 Å². The molecule has 8 heteroatoms. The number of aliphatic imine (C=N–C) groups is 1. The van der Waals surface area contributed by atoms with Crippen molar-refractivity contribution >= 4 is 41.7 Å². The van der Waals surface area contributed by atoms with Crippen molar-refractivity contribution < 1.29 is 0 Å². The molecule has 0 spiro atoms. The molecule has 1 N–H and O–H groups in total. The van der Waals surface area contributed by atoms with Crippen LogP contribution in [0, 0.1) is 5.92 Å². The second-order valence-electron chi connectivity index (χ2n) is 8.72. The largest absolute Gasteiger partial charge is 0.354 e. The van der Waals surface area contributed by atoms with E-state index in [0.29, 0.717) is 17.5 Å². The summed E-state index contributed by atoms with van der Waals surface area (Å²) in [6.07, 6.45) is 12.5. The number of aromatic nitrogens is 2. The number of likely N-dealkylation sites (tertiary alicyclic amines) is 1. The molecule has 1 aromatic rings. The quantitative estimate of drug-likeness (QED) is 0.367. The monoisotopic (exact) mass is 532 g/mol. The maximum Gasteiger partial charge on any atom is 0.193 e. The molecule has 0 radical (unpaired) electrons. The first-order chi connectivity index (χ1) is 13.7. The van der Waals surface area contributed by atoms with Crippen molar-refractivity contribution in [2.45, 2.75) is 50.6 Å². The molecule has 3 fully saturated rings. The van der Waals surface area contributed by atoms with E-state index in [9.17, 15) is 0 Å². The lowest BCUT2D eigenvalue weighted by molar-refractivity contribution is 0.105. The smallest absolute Gasteiger partial charge is 0.193 e. The Morgan fingerprint density at radius 2 is 2.00 bits per heavy atom. The fourth-order valence-electron chi connectivity index (χ4n) is 5.35. The summed E-state index contributed by atoms with van der Waals surface area (Å²) < 4.78 is 2.27. The van der Waals surface area contributed by atoms with Crippen LogP contribution in [0.1, 0.15) is 45.1 Å². The highest BCUT2D eigenvalue weighted by molar-refractivity contribution is 14.0. The van der Waals surface area contributed by atoms with Crippen LogP contribution in [0.15, 0.2) is 23.7 Å². The first-order valence-corrected chi connectivity index (χ1v) is 12.1. The molecule has 2 unspecified atom stereocenters. The fraction of sp³-hybridized carbons (Fsp3) is 0.810. The molecule has 1 aliphatic carbocycles. The lowest BCUT2D eigenvalue weighted by Crippen LogP contribution is -2.58. The summed E-state index contributed by atoms with van der Waals surface area (Å²) >= 11 is 2.11. The molecule has 0 bridgehead atoms. The van der Waals surface area contributed by atoms with E-state index in [1.807, 2.05) is 19.6 Å². The molecule has 29 heavy (non-hydrogen) atoms. The molecule has 0 amide bonds. The lowest BCUT2D eigenvalue weighted by Gasteiger charge is -2.45. The van der Waals surface area contributed by atoms with Crippen LogP contribution in [0.3, 0.4) is 0 Å². The molecule has 1 saturated carbocycles. The van der Waals surface area contributed by atoms with Crippen LogP contribution in [-0.2, 0) is 0 Å². The number of hydrogen-bond donors (Lipinski definition) is 1. The van der Waals surface area contributed by atoms with Gasteiger partial charge in [-0.3, -0.25) is 9.89 Å². The number of piperidine rings is 1. The molecule has 3 heterocycles.